The van der Waals surface area contributed by atoms with E-state index < -0.39 is 20.0 Å². The number of hydrogen-bond donors (Lipinski definition) is 0. The van der Waals surface area contributed by atoms with E-state index in [4.69, 9.17) is 75.8 Å². The van der Waals surface area contributed by atoms with E-state index in [1.165, 1.54) is 8.61 Å². The minimum absolute atomic E-state index is 0.0363. The molecule has 3 aromatic carbocycles. The first-order valence-corrected chi connectivity index (χ1v) is 30.7. The number of sulfonamides is 2. The smallest absolute Gasteiger partial charge is 0.218 e. The van der Waals surface area contributed by atoms with Crippen molar-refractivity contribution in [1.82, 2.24) is 8.61 Å². The van der Waals surface area contributed by atoms with Gasteiger partial charge in [-0.1, -0.05) is 41.5 Å². The molecule has 0 amide bonds. The minimum atomic E-state index is -3.39. The van der Waals surface area contributed by atoms with E-state index in [1.807, 2.05) is 70.2 Å². The molecule has 82 heavy (non-hydrogen) atoms. The second-order valence-corrected chi connectivity index (χ2v) is 23.7. The van der Waals surface area contributed by atoms with E-state index >= 15 is 0 Å². The molecule has 0 radical (unpaired) electrons. The monoisotopic (exact) mass is 1210 g/mol. The second kappa shape index (κ2) is 46.2. The van der Waals surface area contributed by atoms with Gasteiger partial charge in [-0.05, 0) is 77.3 Å². The average molecular weight is 1210 g/mol. The predicted octanol–water partition coefficient (Wildman–Crippen LogP) is 7.23. The zero-order chi connectivity index (χ0) is 61.0. The van der Waals surface area contributed by atoms with Crippen molar-refractivity contribution in [2.45, 2.75) is 61.2 Å². The Labute approximate surface area is 491 Å². The predicted molar refractivity (Wildman–Crippen MR) is 316 cm³/mol. The van der Waals surface area contributed by atoms with Crippen LogP contribution in [0.5, 0.6) is 34.5 Å². The van der Waals surface area contributed by atoms with Crippen LogP contribution in [-0.2, 0) is 87.0 Å². The third-order valence-electron chi connectivity index (χ3n) is 10.8. The Morgan fingerprint density at radius 2 is 0.610 bits per heavy atom. The molecular formula is C58H100N2O20S2. The molecule has 0 spiro atoms. The lowest BCUT2D eigenvalue weighted by atomic mass is 10.0. The van der Waals surface area contributed by atoms with Crippen molar-refractivity contribution in [3.8, 4) is 34.5 Å². The summed E-state index contributed by atoms with van der Waals surface area (Å²) in [7, 11) is 6.22. The van der Waals surface area contributed by atoms with Crippen molar-refractivity contribution < 1.29 is 92.6 Å². The van der Waals surface area contributed by atoms with Gasteiger partial charge in [0.1, 0.15) is 87.6 Å². The molecule has 474 valence electrons. The van der Waals surface area contributed by atoms with Gasteiger partial charge < -0.3 is 75.8 Å². The zero-order valence-electron chi connectivity index (χ0n) is 51.6. The van der Waals surface area contributed by atoms with Crippen LogP contribution in [0.25, 0.3) is 0 Å². The average Bonchev–Trinajstić information content (AvgIpc) is 3.41. The summed E-state index contributed by atoms with van der Waals surface area (Å²) in [6, 6.07) is 17.5. The first-order chi connectivity index (χ1) is 39.3. The van der Waals surface area contributed by atoms with Crippen LogP contribution in [0.1, 0.15) is 58.2 Å². The van der Waals surface area contributed by atoms with Crippen LogP contribution in [0.2, 0.25) is 0 Å². The van der Waals surface area contributed by atoms with Gasteiger partial charge in [0.25, 0.3) is 0 Å². The molecule has 0 aliphatic heterocycles. The van der Waals surface area contributed by atoms with E-state index in [-0.39, 0.29) is 36.8 Å². The van der Waals surface area contributed by atoms with Crippen molar-refractivity contribution >= 4 is 20.0 Å². The van der Waals surface area contributed by atoms with Crippen molar-refractivity contribution in [3.05, 3.63) is 71.3 Å². The molecule has 0 saturated heterocycles. The lowest BCUT2D eigenvalue weighted by Gasteiger charge is -2.22. The molecule has 0 aromatic heterocycles. The molecule has 0 heterocycles. The third-order valence-corrected chi connectivity index (χ3v) is 15.1. The number of hydrogen-bond acceptors (Lipinski definition) is 20. The Morgan fingerprint density at radius 3 is 0.902 bits per heavy atom. The van der Waals surface area contributed by atoms with E-state index in [0.29, 0.717) is 159 Å². The van der Waals surface area contributed by atoms with Gasteiger partial charge in [-0.2, -0.15) is 8.61 Å². The standard InChI is InChI=1S/C36H50O10.C12H27NO6S.C10H23NO4S/c1-27(2)15-28-16-35(45-25-29-18-31(41-11-7-37-3)22-32(19-29)42-12-8-38-4)24-36(17-28)46-26-30-20-33(43-13-9-39-5)23-34(21-30)44-14-10-40-6;1-12(2)9-20(14,15)13(10-18-7-5-16-3)11-19-8-6-17-4;1-10(2)9-16(12,13)11(5-7-14-3)6-8-15-4/h16-24,27H,7-15,25-26H2,1-6H3;12H,5-11H2,1-4H3;10H,5-9H2,1-4H3. The SMILES string of the molecule is COCCN(CCOC)S(=O)(=O)CC(C)C.COCCOCN(COCCOC)S(=O)(=O)CC(C)C.COCCOc1cc(COc2cc(CC(C)C)cc(OCc3cc(OCCOC)cc(OCCOC)c3)c2)cc(OCCOC)c1. The summed E-state index contributed by atoms with van der Waals surface area (Å²) in [5, 5.41) is 0. The highest BCUT2D eigenvalue weighted by molar-refractivity contribution is 7.89. The lowest BCUT2D eigenvalue weighted by molar-refractivity contribution is -0.0228. The van der Waals surface area contributed by atoms with E-state index in [0.717, 1.165) is 23.1 Å². The van der Waals surface area contributed by atoms with Gasteiger partial charge in [-0.15, -0.1) is 0 Å². The normalized spacial score (nSPS) is 11.7. The first-order valence-electron chi connectivity index (χ1n) is 27.5. The minimum Gasteiger partial charge on any atom is -0.491 e. The van der Waals surface area contributed by atoms with Crippen molar-refractivity contribution in [2.75, 3.05) is 187 Å². The van der Waals surface area contributed by atoms with E-state index in [1.54, 1.807) is 56.9 Å². The molecular weight excluding hydrogens is 1110 g/mol. The van der Waals surface area contributed by atoms with Crippen LogP contribution >= 0.6 is 0 Å². The molecule has 24 heteroatoms. The van der Waals surface area contributed by atoms with Crippen molar-refractivity contribution in [3.63, 3.8) is 0 Å². The Balaban J connectivity index is 0.000000765. The molecule has 22 nitrogen and oxygen atoms in total. The molecule has 0 fully saturated rings. The van der Waals surface area contributed by atoms with Crippen LogP contribution in [0, 0.1) is 17.8 Å². The highest BCUT2D eigenvalue weighted by atomic mass is 32.2. The first kappa shape index (κ1) is 75.9. The Kier molecular flexibility index (Phi) is 42.8. The van der Waals surface area contributed by atoms with Crippen molar-refractivity contribution in [2.24, 2.45) is 17.8 Å². The Bertz CT molecular complexity index is 2130. The van der Waals surface area contributed by atoms with E-state index in [2.05, 4.69) is 26.0 Å². The Hall–Kier alpha value is -4.12. The summed E-state index contributed by atoms with van der Waals surface area (Å²) < 4.78 is 138. The van der Waals surface area contributed by atoms with Gasteiger partial charge in [0, 0.05) is 88.2 Å². The summed E-state index contributed by atoms with van der Waals surface area (Å²) in [5.74, 6) is 5.01. The molecule has 0 bridgehead atoms. The second-order valence-electron chi connectivity index (χ2n) is 19.7. The molecule has 0 saturated carbocycles. The largest absolute Gasteiger partial charge is 0.491 e. The number of nitrogens with zero attached hydrogens (tertiary/aromatic N) is 2. The lowest BCUT2D eigenvalue weighted by Crippen LogP contribution is -2.38. The van der Waals surface area contributed by atoms with Gasteiger partial charge in [-0.25, -0.2) is 16.8 Å². The van der Waals surface area contributed by atoms with Gasteiger partial charge in [0.2, 0.25) is 20.0 Å². The van der Waals surface area contributed by atoms with Crippen LogP contribution < -0.4 is 28.4 Å². The molecule has 3 rings (SSSR count). The number of methoxy groups -OCH3 is 8. The van der Waals surface area contributed by atoms with Crippen LogP contribution in [-0.4, -0.2) is 213 Å². The van der Waals surface area contributed by atoms with Gasteiger partial charge >= 0.3 is 0 Å². The Morgan fingerprint density at radius 1 is 0.329 bits per heavy atom. The highest BCUT2D eigenvalue weighted by Crippen LogP contribution is 2.30. The molecule has 0 atom stereocenters. The number of ether oxygens (including phenoxy) is 16. The molecule has 0 N–H and O–H groups in total. The van der Waals surface area contributed by atoms with E-state index in [9.17, 15) is 16.8 Å². The van der Waals surface area contributed by atoms with Crippen molar-refractivity contribution in [1.29, 1.82) is 0 Å². The molecule has 0 aliphatic carbocycles. The maximum atomic E-state index is 12.2. The van der Waals surface area contributed by atoms with Crippen LogP contribution in [0.15, 0.2) is 54.6 Å². The molecule has 0 aliphatic rings. The summed E-state index contributed by atoms with van der Waals surface area (Å²) in [6.45, 7) is 19.2. The van der Waals surface area contributed by atoms with Crippen LogP contribution in [0.4, 0.5) is 0 Å². The fourth-order valence-corrected chi connectivity index (χ4v) is 10.4. The summed E-state index contributed by atoms with van der Waals surface area (Å²) >= 11 is 0. The summed E-state index contributed by atoms with van der Waals surface area (Å²) in [6.07, 6.45) is 0.883. The highest BCUT2D eigenvalue weighted by Gasteiger charge is 2.24. The summed E-state index contributed by atoms with van der Waals surface area (Å²) in [5.41, 5.74) is 2.94. The maximum Gasteiger partial charge on any atom is 0.218 e. The fraction of sp³-hybridized carbons (Fsp3) is 0.690. The number of rotatable bonds is 46. The van der Waals surface area contributed by atoms with Gasteiger partial charge in [0.15, 0.2) is 0 Å². The van der Waals surface area contributed by atoms with Gasteiger partial charge in [-0.3, -0.25) is 0 Å². The third kappa shape index (κ3) is 36.6. The topological polar surface area (TPSA) is 222 Å². The number of benzene rings is 3. The maximum absolute atomic E-state index is 12.2. The molecule has 3 aromatic rings. The van der Waals surface area contributed by atoms with Gasteiger partial charge in [0.05, 0.1) is 77.6 Å². The molecule has 0 unspecified atom stereocenters. The summed E-state index contributed by atoms with van der Waals surface area (Å²) in [4.78, 5) is 0. The van der Waals surface area contributed by atoms with Crippen LogP contribution in [0.3, 0.4) is 0 Å². The zero-order valence-corrected chi connectivity index (χ0v) is 53.2. The quantitative estimate of drug-likeness (QED) is 0.0402. The fourth-order valence-electron chi connectivity index (χ4n) is 7.10.